The molecule has 0 saturated heterocycles. The zero-order valence-electron chi connectivity index (χ0n) is 19.3. The monoisotopic (exact) mass is 445 g/mol. The molecule has 8 heteroatoms. The molecule has 0 aliphatic heterocycles. The van der Waals surface area contributed by atoms with Crippen LogP contribution in [-0.2, 0) is 16.0 Å². The van der Waals surface area contributed by atoms with Crippen molar-refractivity contribution < 1.29 is 33.3 Å². The minimum atomic E-state index is -0.635. The summed E-state index contributed by atoms with van der Waals surface area (Å²) in [6, 6.07) is 8.80. The van der Waals surface area contributed by atoms with E-state index in [1.807, 2.05) is 39.0 Å². The molecule has 0 aromatic heterocycles. The number of nitrogens with one attached hydrogen (secondary N) is 1. The molecule has 0 aliphatic carbocycles. The van der Waals surface area contributed by atoms with Gasteiger partial charge in [0.15, 0.2) is 18.1 Å². The highest BCUT2D eigenvalue weighted by Gasteiger charge is 2.16. The number of rotatable bonds is 12. The molecule has 1 amide bonds. The number of benzene rings is 2. The molecular formula is C24H31NO7. The van der Waals surface area contributed by atoms with Crippen LogP contribution >= 0.6 is 0 Å². The van der Waals surface area contributed by atoms with E-state index < -0.39 is 5.97 Å². The lowest BCUT2D eigenvalue weighted by atomic mass is 10.1. The van der Waals surface area contributed by atoms with Gasteiger partial charge in [-0.05, 0) is 57.0 Å². The van der Waals surface area contributed by atoms with Crippen LogP contribution in [0.5, 0.6) is 23.0 Å². The number of carbonyl (C=O) groups excluding carboxylic acids is 2. The molecule has 0 unspecified atom stereocenters. The Morgan fingerprint density at radius 2 is 1.50 bits per heavy atom. The average Bonchev–Trinajstić information content (AvgIpc) is 2.79. The predicted octanol–water partition coefficient (Wildman–Crippen LogP) is 3.33. The first-order chi connectivity index (χ1) is 15.4. The Kier molecular flexibility index (Phi) is 9.66. The Morgan fingerprint density at radius 3 is 2.09 bits per heavy atom. The molecule has 0 atom stereocenters. The van der Waals surface area contributed by atoms with Crippen LogP contribution in [0.25, 0.3) is 0 Å². The SMILES string of the molecule is CCOc1ccc(CCNC(=O)COC(=O)c2cc(OC)c(C)c(OC)c2)cc1OCC. The van der Waals surface area contributed by atoms with Crippen molar-refractivity contribution in [3.63, 3.8) is 0 Å². The summed E-state index contributed by atoms with van der Waals surface area (Å²) in [5, 5.41) is 2.75. The summed E-state index contributed by atoms with van der Waals surface area (Å²) in [4.78, 5) is 24.4. The summed E-state index contributed by atoms with van der Waals surface area (Å²) in [5.74, 6) is 1.35. The second kappa shape index (κ2) is 12.4. The molecule has 174 valence electrons. The molecule has 1 N–H and O–H groups in total. The van der Waals surface area contributed by atoms with Gasteiger partial charge in [-0.1, -0.05) is 6.07 Å². The van der Waals surface area contributed by atoms with E-state index >= 15 is 0 Å². The van der Waals surface area contributed by atoms with Crippen molar-refractivity contribution >= 4 is 11.9 Å². The second-order valence-corrected chi connectivity index (χ2v) is 6.83. The van der Waals surface area contributed by atoms with Crippen molar-refractivity contribution in [2.24, 2.45) is 0 Å². The van der Waals surface area contributed by atoms with E-state index in [9.17, 15) is 9.59 Å². The molecule has 0 saturated carbocycles. The number of ether oxygens (including phenoxy) is 5. The van der Waals surface area contributed by atoms with Crippen molar-refractivity contribution in [2.75, 3.05) is 40.6 Å². The molecule has 0 bridgehead atoms. The van der Waals surface area contributed by atoms with Crippen LogP contribution in [0.15, 0.2) is 30.3 Å². The van der Waals surface area contributed by atoms with Crippen molar-refractivity contribution in [3.05, 3.63) is 47.0 Å². The molecule has 0 radical (unpaired) electrons. The maximum absolute atomic E-state index is 12.3. The Hall–Kier alpha value is -3.42. The number of hydrogen-bond donors (Lipinski definition) is 1. The smallest absolute Gasteiger partial charge is 0.338 e. The highest BCUT2D eigenvalue weighted by Crippen LogP contribution is 2.30. The van der Waals surface area contributed by atoms with E-state index in [2.05, 4.69) is 5.32 Å². The summed E-state index contributed by atoms with van der Waals surface area (Å²) in [5.41, 5.74) is 2.01. The number of amides is 1. The normalized spacial score (nSPS) is 10.3. The van der Waals surface area contributed by atoms with Crippen LogP contribution < -0.4 is 24.3 Å². The maximum atomic E-state index is 12.3. The molecule has 0 heterocycles. The van der Waals surface area contributed by atoms with Gasteiger partial charge in [-0.3, -0.25) is 4.79 Å². The molecule has 2 aromatic rings. The number of methoxy groups -OCH3 is 2. The fourth-order valence-electron chi connectivity index (χ4n) is 3.07. The Morgan fingerprint density at radius 1 is 0.875 bits per heavy atom. The van der Waals surface area contributed by atoms with Crippen LogP contribution in [0, 0.1) is 6.92 Å². The third-order valence-electron chi connectivity index (χ3n) is 4.67. The molecule has 2 rings (SSSR count). The average molecular weight is 446 g/mol. The van der Waals surface area contributed by atoms with Crippen LogP contribution in [0.3, 0.4) is 0 Å². The van der Waals surface area contributed by atoms with Crippen LogP contribution in [0.1, 0.15) is 35.3 Å². The number of carbonyl (C=O) groups is 2. The molecule has 2 aromatic carbocycles. The fourth-order valence-corrected chi connectivity index (χ4v) is 3.07. The molecule has 0 aliphatic rings. The maximum Gasteiger partial charge on any atom is 0.338 e. The lowest BCUT2D eigenvalue weighted by Gasteiger charge is -2.13. The lowest BCUT2D eigenvalue weighted by molar-refractivity contribution is -0.124. The molecule has 32 heavy (non-hydrogen) atoms. The summed E-state index contributed by atoms with van der Waals surface area (Å²) < 4.78 is 26.8. The highest BCUT2D eigenvalue weighted by atomic mass is 16.5. The Balaban J connectivity index is 1.86. The van der Waals surface area contributed by atoms with Gasteiger partial charge in [0.1, 0.15) is 11.5 Å². The third-order valence-corrected chi connectivity index (χ3v) is 4.67. The van der Waals surface area contributed by atoms with Gasteiger partial charge >= 0.3 is 5.97 Å². The van der Waals surface area contributed by atoms with Gasteiger partial charge in [0, 0.05) is 12.1 Å². The van der Waals surface area contributed by atoms with E-state index in [4.69, 9.17) is 23.7 Å². The second-order valence-electron chi connectivity index (χ2n) is 6.83. The van der Waals surface area contributed by atoms with Gasteiger partial charge in [0.25, 0.3) is 5.91 Å². The van der Waals surface area contributed by atoms with Gasteiger partial charge in [0.05, 0.1) is 33.0 Å². The predicted molar refractivity (Wildman–Crippen MR) is 120 cm³/mol. The largest absolute Gasteiger partial charge is 0.496 e. The summed E-state index contributed by atoms with van der Waals surface area (Å²) >= 11 is 0. The standard InChI is InChI=1S/C24H31NO7/c1-6-30-19-9-8-17(12-22(19)31-7-2)10-11-25-23(26)15-32-24(27)18-13-20(28-4)16(3)21(14-18)29-5/h8-9,12-14H,6-7,10-11,15H2,1-5H3,(H,25,26). The van der Waals surface area contributed by atoms with Gasteiger partial charge in [-0.25, -0.2) is 4.79 Å². The number of hydrogen-bond acceptors (Lipinski definition) is 7. The Labute approximate surface area is 188 Å². The zero-order valence-corrected chi connectivity index (χ0v) is 19.3. The van der Waals surface area contributed by atoms with Crippen LogP contribution in [-0.4, -0.2) is 52.5 Å². The van der Waals surface area contributed by atoms with Crippen LogP contribution in [0.4, 0.5) is 0 Å². The highest BCUT2D eigenvalue weighted by molar-refractivity contribution is 5.92. The summed E-state index contributed by atoms with van der Waals surface area (Å²) in [6.07, 6.45) is 0.596. The number of esters is 1. The van der Waals surface area contributed by atoms with E-state index in [0.29, 0.717) is 49.2 Å². The van der Waals surface area contributed by atoms with Crippen molar-refractivity contribution in [2.45, 2.75) is 27.2 Å². The van der Waals surface area contributed by atoms with E-state index in [1.165, 1.54) is 14.2 Å². The van der Waals surface area contributed by atoms with Crippen LogP contribution in [0.2, 0.25) is 0 Å². The van der Waals surface area contributed by atoms with E-state index in [1.54, 1.807) is 12.1 Å². The first-order valence-corrected chi connectivity index (χ1v) is 10.5. The van der Waals surface area contributed by atoms with Crippen molar-refractivity contribution in [1.29, 1.82) is 0 Å². The van der Waals surface area contributed by atoms with Gasteiger partial charge in [-0.2, -0.15) is 0 Å². The lowest BCUT2D eigenvalue weighted by Crippen LogP contribution is -2.30. The van der Waals surface area contributed by atoms with Gasteiger partial charge in [0.2, 0.25) is 0 Å². The van der Waals surface area contributed by atoms with Crippen molar-refractivity contribution in [1.82, 2.24) is 5.32 Å². The van der Waals surface area contributed by atoms with Gasteiger partial charge in [-0.15, -0.1) is 0 Å². The van der Waals surface area contributed by atoms with E-state index in [-0.39, 0.29) is 18.1 Å². The molecular weight excluding hydrogens is 414 g/mol. The quantitative estimate of drug-likeness (QED) is 0.501. The molecule has 0 spiro atoms. The molecule has 0 fully saturated rings. The summed E-state index contributed by atoms with van der Waals surface area (Å²) in [6.45, 7) is 6.74. The molecule has 8 nitrogen and oxygen atoms in total. The minimum Gasteiger partial charge on any atom is -0.496 e. The van der Waals surface area contributed by atoms with Gasteiger partial charge < -0.3 is 29.0 Å². The first kappa shape index (κ1) is 24.8. The van der Waals surface area contributed by atoms with Crippen molar-refractivity contribution in [3.8, 4) is 23.0 Å². The topological polar surface area (TPSA) is 92.3 Å². The zero-order chi connectivity index (χ0) is 23.5. The Bertz CT molecular complexity index is 902. The fraction of sp³-hybridized carbons (Fsp3) is 0.417. The third kappa shape index (κ3) is 6.80. The minimum absolute atomic E-state index is 0.245. The summed E-state index contributed by atoms with van der Waals surface area (Å²) in [7, 11) is 3.01. The van der Waals surface area contributed by atoms with E-state index in [0.717, 1.165) is 11.1 Å². The first-order valence-electron chi connectivity index (χ1n) is 10.5.